The van der Waals surface area contributed by atoms with Crippen molar-refractivity contribution in [3.63, 3.8) is 0 Å². The van der Waals surface area contributed by atoms with Gasteiger partial charge in [0.25, 0.3) is 0 Å². The van der Waals surface area contributed by atoms with E-state index < -0.39 is 0 Å². The molecule has 0 unspecified atom stereocenters. The van der Waals surface area contributed by atoms with Gasteiger partial charge in [0, 0.05) is 52.0 Å². The van der Waals surface area contributed by atoms with Crippen molar-refractivity contribution < 1.29 is 9.47 Å². The van der Waals surface area contributed by atoms with Crippen LogP contribution in [0.1, 0.15) is 12.0 Å². The van der Waals surface area contributed by atoms with Crippen molar-refractivity contribution in [1.29, 1.82) is 0 Å². The van der Waals surface area contributed by atoms with Crippen molar-refractivity contribution in [2.45, 2.75) is 12.8 Å². The first-order valence-corrected chi connectivity index (χ1v) is 11.4. The van der Waals surface area contributed by atoms with Crippen molar-refractivity contribution in [1.82, 2.24) is 15.5 Å². The zero-order valence-electron chi connectivity index (χ0n) is 19.6. The van der Waals surface area contributed by atoms with Crippen LogP contribution < -0.4 is 25.0 Å². The number of piperazine rings is 1. The van der Waals surface area contributed by atoms with Crippen LogP contribution in [0, 0.1) is 0 Å². The lowest BCUT2D eigenvalue weighted by atomic mass is 10.1. The molecule has 0 aliphatic carbocycles. The number of hydrogen-bond donors (Lipinski definition) is 2. The van der Waals surface area contributed by atoms with Gasteiger partial charge in [-0.2, -0.15) is 0 Å². The van der Waals surface area contributed by atoms with Gasteiger partial charge in [-0.1, -0.05) is 18.2 Å². The molecule has 2 aromatic rings. The lowest BCUT2D eigenvalue weighted by molar-refractivity contribution is 0.255. The van der Waals surface area contributed by atoms with Gasteiger partial charge in [-0.3, -0.25) is 9.89 Å². The van der Waals surface area contributed by atoms with Gasteiger partial charge in [0.15, 0.2) is 5.96 Å². The Bertz CT molecular complexity index is 832. The van der Waals surface area contributed by atoms with Crippen LogP contribution >= 0.6 is 0 Å². The van der Waals surface area contributed by atoms with Crippen LogP contribution in [0.4, 0.5) is 5.69 Å². The van der Waals surface area contributed by atoms with Crippen LogP contribution in [-0.2, 0) is 6.42 Å². The van der Waals surface area contributed by atoms with Crippen molar-refractivity contribution in [3.8, 4) is 11.5 Å². The van der Waals surface area contributed by atoms with E-state index in [0.29, 0.717) is 0 Å². The molecule has 32 heavy (non-hydrogen) atoms. The predicted octanol–water partition coefficient (Wildman–Crippen LogP) is 2.62. The largest absolute Gasteiger partial charge is 0.497 e. The van der Waals surface area contributed by atoms with Crippen molar-refractivity contribution >= 4 is 11.6 Å². The highest BCUT2D eigenvalue weighted by Gasteiger charge is 2.16. The summed E-state index contributed by atoms with van der Waals surface area (Å²) in [5.74, 6) is 2.69. The standard InChI is InChI=1S/C25H37N5O2/c1-26-25(28-15-13-21-7-4-5-8-24(21)32-3)27-14-6-16-29-17-19-30(20-18-29)22-9-11-23(31-2)12-10-22/h4-5,7-12H,6,13-20H2,1-3H3,(H2,26,27,28). The summed E-state index contributed by atoms with van der Waals surface area (Å²) in [4.78, 5) is 9.32. The third-order valence-electron chi connectivity index (χ3n) is 5.86. The summed E-state index contributed by atoms with van der Waals surface area (Å²) in [7, 11) is 5.23. The van der Waals surface area contributed by atoms with Crippen molar-refractivity contribution in [3.05, 3.63) is 54.1 Å². The highest BCUT2D eigenvalue weighted by Crippen LogP contribution is 2.20. The van der Waals surface area contributed by atoms with E-state index >= 15 is 0 Å². The molecular weight excluding hydrogens is 402 g/mol. The van der Waals surface area contributed by atoms with E-state index in [9.17, 15) is 0 Å². The lowest BCUT2D eigenvalue weighted by Gasteiger charge is -2.36. The number of rotatable bonds is 10. The number of hydrogen-bond acceptors (Lipinski definition) is 5. The second-order valence-corrected chi connectivity index (χ2v) is 7.87. The molecule has 2 aromatic carbocycles. The fourth-order valence-corrected chi connectivity index (χ4v) is 3.98. The van der Waals surface area contributed by atoms with Gasteiger partial charge >= 0.3 is 0 Å². The molecule has 3 rings (SSSR count). The van der Waals surface area contributed by atoms with Gasteiger partial charge in [0.1, 0.15) is 11.5 Å². The summed E-state index contributed by atoms with van der Waals surface area (Å²) >= 11 is 0. The number of nitrogens with one attached hydrogen (secondary N) is 2. The van der Waals surface area contributed by atoms with E-state index in [1.807, 2.05) is 37.4 Å². The lowest BCUT2D eigenvalue weighted by Crippen LogP contribution is -2.47. The normalized spacial score (nSPS) is 14.8. The molecule has 174 valence electrons. The van der Waals surface area contributed by atoms with Gasteiger partial charge in [-0.05, 0) is 55.3 Å². The number of para-hydroxylation sites is 1. The number of benzene rings is 2. The Balaban J connectivity index is 1.30. The highest BCUT2D eigenvalue weighted by molar-refractivity contribution is 5.79. The molecule has 0 radical (unpaired) electrons. The molecule has 1 aliphatic heterocycles. The van der Waals surface area contributed by atoms with E-state index in [2.05, 4.69) is 43.6 Å². The Labute approximate surface area is 192 Å². The number of nitrogens with zero attached hydrogens (tertiary/aromatic N) is 3. The molecule has 1 fully saturated rings. The molecule has 0 saturated carbocycles. The first-order chi connectivity index (χ1) is 15.7. The van der Waals surface area contributed by atoms with Crippen molar-refractivity contribution in [2.75, 3.05) is 72.0 Å². The number of ether oxygens (including phenoxy) is 2. The van der Waals surface area contributed by atoms with Crippen molar-refractivity contribution in [2.24, 2.45) is 4.99 Å². The summed E-state index contributed by atoms with van der Waals surface area (Å²) in [6, 6.07) is 16.5. The number of anilines is 1. The SMILES string of the molecule is CN=C(NCCCN1CCN(c2ccc(OC)cc2)CC1)NCCc1ccccc1OC. The molecule has 0 aromatic heterocycles. The van der Waals surface area contributed by atoms with Crippen LogP contribution in [0.25, 0.3) is 0 Å². The molecule has 7 heteroatoms. The molecule has 1 aliphatic rings. The molecule has 7 nitrogen and oxygen atoms in total. The maximum Gasteiger partial charge on any atom is 0.190 e. The van der Waals surface area contributed by atoms with Gasteiger partial charge in [0.05, 0.1) is 14.2 Å². The second-order valence-electron chi connectivity index (χ2n) is 7.87. The zero-order chi connectivity index (χ0) is 22.6. The minimum absolute atomic E-state index is 0.813. The molecule has 0 spiro atoms. The van der Waals surface area contributed by atoms with E-state index in [0.717, 1.165) is 76.1 Å². The fraction of sp³-hybridized carbons (Fsp3) is 0.480. The number of aliphatic imine (C=N–C) groups is 1. The van der Waals surface area contributed by atoms with Gasteiger partial charge in [-0.15, -0.1) is 0 Å². The Morgan fingerprint density at radius 3 is 2.31 bits per heavy atom. The fourth-order valence-electron chi connectivity index (χ4n) is 3.98. The minimum Gasteiger partial charge on any atom is -0.497 e. The summed E-state index contributed by atoms with van der Waals surface area (Å²) < 4.78 is 10.7. The summed E-state index contributed by atoms with van der Waals surface area (Å²) in [6.45, 7) is 7.13. The number of methoxy groups -OCH3 is 2. The third kappa shape index (κ3) is 7.05. The van der Waals surface area contributed by atoms with Gasteiger partial charge in [0.2, 0.25) is 0 Å². The van der Waals surface area contributed by atoms with Gasteiger partial charge < -0.3 is 25.0 Å². The average Bonchev–Trinajstić information content (AvgIpc) is 2.86. The molecule has 1 heterocycles. The van der Waals surface area contributed by atoms with E-state index in [1.165, 1.54) is 11.3 Å². The van der Waals surface area contributed by atoms with Crippen LogP contribution in [-0.4, -0.2) is 77.9 Å². The number of guanidine groups is 1. The van der Waals surface area contributed by atoms with E-state index in [1.54, 1.807) is 14.2 Å². The molecule has 2 N–H and O–H groups in total. The topological polar surface area (TPSA) is 61.4 Å². The maximum atomic E-state index is 5.42. The quantitative estimate of drug-likeness (QED) is 0.337. The Morgan fingerprint density at radius 1 is 0.906 bits per heavy atom. The molecular formula is C25H37N5O2. The molecule has 1 saturated heterocycles. The highest BCUT2D eigenvalue weighted by atomic mass is 16.5. The Kier molecular flexibility index (Phi) is 9.50. The smallest absolute Gasteiger partial charge is 0.190 e. The molecule has 0 amide bonds. The van der Waals surface area contributed by atoms with Crippen LogP contribution in [0.5, 0.6) is 11.5 Å². The molecule has 0 bridgehead atoms. The van der Waals surface area contributed by atoms with Crippen LogP contribution in [0.2, 0.25) is 0 Å². The molecule has 0 atom stereocenters. The zero-order valence-corrected chi connectivity index (χ0v) is 19.6. The summed E-state index contributed by atoms with van der Waals surface area (Å²) in [5.41, 5.74) is 2.47. The van der Waals surface area contributed by atoms with E-state index in [4.69, 9.17) is 9.47 Å². The van der Waals surface area contributed by atoms with Gasteiger partial charge in [-0.25, -0.2) is 0 Å². The average molecular weight is 440 g/mol. The first-order valence-electron chi connectivity index (χ1n) is 11.4. The maximum absolute atomic E-state index is 5.42. The summed E-state index contributed by atoms with van der Waals surface area (Å²) in [6.07, 6.45) is 1.99. The monoisotopic (exact) mass is 439 g/mol. The Hall–Kier alpha value is -2.93. The van der Waals surface area contributed by atoms with Crippen LogP contribution in [0.3, 0.4) is 0 Å². The summed E-state index contributed by atoms with van der Waals surface area (Å²) in [5, 5.41) is 6.82. The third-order valence-corrected chi connectivity index (χ3v) is 5.86. The predicted molar refractivity (Wildman–Crippen MR) is 132 cm³/mol. The Morgan fingerprint density at radius 2 is 1.62 bits per heavy atom. The first kappa shape index (κ1) is 23.7. The second kappa shape index (κ2) is 12.8. The van der Waals surface area contributed by atoms with E-state index in [-0.39, 0.29) is 0 Å². The minimum atomic E-state index is 0.813. The van der Waals surface area contributed by atoms with Crippen LogP contribution in [0.15, 0.2) is 53.5 Å².